The number of hydrogen-bond acceptors (Lipinski definition) is 0. The highest BCUT2D eigenvalue weighted by Crippen LogP contribution is 2.38. The first-order valence-electron chi connectivity index (χ1n) is 12.8. The highest BCUT2D eigenvalue weighted by molar-refractivity contribution is 5.81. The molecule has 1 aliphatic rings. The normalized spacial score (nSPS) is 16.9. The highest BCUT2D eigenvalue weighted by Gasteiger charge is 2.21. The molecule has 0 heterocycles. The first-order valence-corrected chi connectivity index (χ1v) is 12.8. The molecule has 0 spiro atoms. The third-order valence-electron chi connectivity index (χ3n) is 6.80. The maximum absolute atomic E-state index is 2.43. The van der Waals surface area contributed by atoms with Crippen LogP contribution in [0.3, 0.4) is 0 Å². The van der Waals surface area contributed by atoms with Crippen molar-refractivity contribution in [3.8, 4) is 22.3 Å². The molecule has 0 saturated heterocycles. The van der Waals surface area contributed by atoms with Crippen molar-refractivity contribution in [1.82, 2.24) is 0 Å². The van der Waals surface area contributed by atoms with Gasteiger partial charge in [-0.1, -0.05) is 122 Å². The largest absolute Gasteiger partial charge is 0.0876 e. The zero-order chi connectivity index (χ0) is 24.5. The van der Waals surface area contributed by atoms with Crippen molar-refractivity contribution in [2.24, 2.45) is 5.92 Å². The lowest BCUT2D eigenvalue weighted by atomic mass is 9.79. The molecule has 0 radical (unpaired) electrons. The van der Waals surface area contributed by atoms with E-state index in [0.717, 1.165) is 12.8 Å². The summed E-state index contributed by atoms with van der Waals surface area (Å²) in [6.45, 7) is 6.48. The van der Waals surface area contributed by atoms with Crippen molar-refractivity contribution in [2.45, 2.75) is 39.5 Å². The average Bonchev–Trinajstić information content (AvgIpc) is 2.92. The first kappa shape index (κ1) is 24.5. The molecule has 2 atom stereocenters. The summed E-state index contributed by atoms with van der Waals surface area (Å²) in [5, 5.41) is 0. The van der Waals surface area contributed by atoms with Gasteiger partial charge in [-0.05, 0) is 89.6 Å². The molecule has 1 aliphatic carbocycles. The number of rotatable bonds is 8. The molecule has 0 amide bonds. The molecule has 35 heavy (non-hydrogen) atoms. The van der Waals surface area contributed by atoms with Gasteiger partial charge in [-0.25, -0.2) is 0 Å². The molecule has 0 aromatic heterocycles. The lowest BCUT2D eigenvalue weighted by Gasteiger charge is -2.26. The van der Waals surface area contributed by atoms with Gasteiger partial charge in [-0.2, -0.15) is 0 Å². The SMILES string of the molecule is C\C=C/C=C(\C=C/C)c1cc(-c2cccc(-c3ccccc3)c2)cc(C(CC)[C@@H]2C=CC=CC2)c1. The molecule has 0 aliphatic heterocycles. The van der Waals surface area contributed by atoms with Gasteiger partial charge in [0.25, 0.3) is 0 Å². The second-order valence-electron chi connectivity index (χ2n) is 9.17. The van der Waals surface area contributed by atoms with Crippen LogP contribution in [-0.4, -0.2) is 0 Å². The molecular weight excluding hydrogens is 420 g/mol. The zero-order valence-electron chi connectivity index (χ0n) is 21.2. The van der Waals surface area contributed by atoms with Crippen molar-refractivity contribution in [3.05, 3.63) is 139 Å². The Kier molecular flexibility index (Phi) is 8.52. The zero-order valence-corrected chi connectivity index (χ0v) is 21.2. The summed E-state index contributed by atoms with van der Waals surface area (Å²) in [7, 11) is 0. The van der Waals surface area contributed by atoms with Crippen molar-refractivity contribution in [3.63, 3.8) is 0 Å². The van der Waals surface area contributed by atoms with E-state index in [4.69, 9.17) is 0 Å². The van der Waals surface area contributed by atoms with E-state index in [1.54, 1.807) is 0 Å². The summed E-state index contributed by atoms with van der Waals surface area (Å²) in [4.78, 5) is 0. The molecular formula is C35H36. The van der Waals surface area contributed by atoms with Gasteiger partial charge in [0.1, 0.15) is 0 Å². The lowest BCUT2D eigenvalue weighted by Crippen LogP contribution is -2.11. The van der Waals surface area contributed by atoms with Crippen LogP contribution in [0.15, 0.2) is 127 Å². The van der Waals surface area contributed by atoms with E-state index < -0.39 is 0 Å². The quantitative estimate of drug-likeness (QED) is 0.296. The Hall–Kier alpha value is -3.64. The Labute approximate surface area is 211 Å². The molecule has 0 heteroatoms. The van der Waals surface area contributed by atoms with Gasteiger partial charge in [0, 0.05) is 0 Å². The Bertz CT molecular complexity index is 1260. The van der Waals surface area contributed by atoms with E-state index in [1.807, 2.05) is 0 Å². The second kappa shape index (κ2) is 12.2. The molecule has 3 aromatic carbocycles. The van der Waals surface area contributed by atoms with Gasteiger partial charge in [-0.15, -0.1) is 0 Å². The Morgan fingerprint density at radius 1 is 0.829 bits per heavy atom. The van der Waals surface area contributed by atoms with E-state index in [-0.39, 0.29) is 0 Å². The van der Waals surface area contributed by atoms with Gasteiger partial charge in [0.05, 0.1) is 0 Å². The third-order valence-corrected chi connectivity index (χ3v) is 6.80. The van der Waals surface area contributed by atoms with Gasteiger partial charge in [0.2, 0.25) is 0 Å². The van der Waals surface area contributed by atoms with Crippen LogP contribution in [0.5, 0.6) is 0 Å². The lowest BCUT2D eigenvalue weighted by molar-refractivity contribution is 0.495. The molecule has 0 bridgehead atoms. The van der Waals surface area contributed by atoms with Gasteiger partial charge in [0.15, 0.2) is 0 Å². The van der Waals surface area contributed by atoms with Crippen LogP contribution in [0.2, 0.25) is 0 Å². The fraction of sp³-hybridized carbons (Fsp3) is 0.200. The summed E-state index contributed by atoms with van der Waals surface area (Å²) < 4.78 is 0. The smallest absolute Gasteiger partial charge is 0.00981 e. The van der Waals surface area contributed by atoms with Crippen molar-refractivity contribution in [2.75, 3.05) is 0 Å². The maximum Gasteiger partial charge on any atom is -0.00981 e. The Morgan fingerprint density at radius 2 is 1.60 bits per heavy atom. The van der Waals surface area contributed by atoms with Gasteiger partial charge < -0.3 is 0 Å². The molecule has 176 valence electrons. The van der Waals surface area contributed by atoms with Crippen LogP contribution in [0.1, 0.15) is 50.7 Å². The van der Waals surface area contributed by atoms with E-state index in [2.05, 4.69) is 148 Å². The Balaban J connectivity index is 1.86. The minimum absolute atomic E-state index is 0.487. The van der Waals surface area contributed by atoms with Crippen molar-refractivity contribution in [1.29, 1.82) is 0 Å². The van der Waals surface area contributed by atoms with E-state index >= 15 is 0 Å². The van der Waals surface area contributed by atoms with Crippen molar-refractivity contribution < 1.29 is 0 Å². The fourth-order valence-electron chi connectivity index (χ4n) is 5.02. The number of hydrogen-bond donors (Lipinski definition) is 0. The minimum Gasteiger partial charge on any atom is -0.0876 e. The standard InChI is InChI=1S/C35H36/c1-4-7-16-27(15-5-2)32-24-33(26-34(25-32)35(6-3)29-19-12-9-13-20-29)31-22-14-21-30(23-31)28-17-10-8-11-18-28/h4-5,7-19,21-26,29,35H,6,20H2,1-3H3/b7-4-,15-5-,27-16+/t29-,35?/m1/s1. The Morgan fingerprint density at radius 3 is 2.29 bits per heavy atom. The number of allylic oxidation sites excluding steroid dienone is 10. The first-order chi connectivity index (χ1) is 17.2. The second-order valence-corrected chi connectivity index (χ2v) is 9.17. The summed E-state index contributed by atoms with van der Waals surface area (Å²) in [5.74, 6) is 1.02. The predicted octanol–water partition coefficient (Wildman–Crippen LogP) is 10.2. The van der Waals surface area contributed by atoms with E-state index in [0.29, 0.717) is 11.8 Å². The fourth-order valence-corrected chi connectivity index (χ4v) is 5.02. The summed E-state index contributed by atoms with van der Waals surface area (Å²) >= 11 is 0. The molecule has 0 nitrogen and oxygen atoms in total. The molecule has 4 rings (SSSR count). The van der Waals surface area contributed by atoms with Crippen LogP contribution < -0.4 is 0 Å². The van der Waals surface area contributed by atoms with Crippen LogP contribution in [0.25, 0.3) is 27.8 Å². The van der Waals surface area contributed by atoms with E-state index in [9.17, 15) is 0 Å². The molecule has 1 unspecified atom stereocenters. The van der Waals surface area contributed by atoms with Gasteiger partial charge >= 0.3 is 0 Å². The summed E-state index contributed by atoms with van der Waals surface area (Å²) in [5.41, 5.74) is 8.97. The maximum atomic E-state index is 2.43. The molecule has 0 saturated carbocycles. The minimum atomic E-state index is 0.487. The van der Waals surface area contributed by atoms with Crippen LogP contribution >= 0.6 is 0 Å². The summed E-state index contributed by atoms with van der Waals surface area (Å²) in [6, 6.07) is 26.8. The topological polar surface area (TPSA) is 0 Å². The highest BCUT2D eigenvalue weighted by atomic mass is 14.3. The third kappa shape index (κ3) is 6.08. The molecule has 0 fully saturated rings. The van der Waals surface area contributed by atoms with E-state index in [1.165, 1.54) is 39.0 Å². The van der Waals surface area contributed by atoms with Crippen LogP contribution in [0.4, 0.5) is 0 Å². The van der Waals surface area contributed by atoms with Gasteiger partial charge in [-0.3, -0.25) is 0 Å². The monoisotopic (exact) mass is 456 g/mol. The molecule has 3 aromatic rings. The number of benzene rings is 3. The summed E-state index contributed by atoms with van der Waals surface area (Å²) in [6.07, 6.45) is 22.1. The predicted molar refractivity (Wildman–Crippen MR) is 154 cm³/mol. The van der Waals surface area contributed by atoms with Crippen LogP contribution in [0, 0.1) is 5.92 Å². The van der Waals surface area contributed by atoms with Crippen LogP contribution in [-0.2, 0) is 0 Å². The molecule has 0 N–H and O–H groups in total. The average molecular weight is 457 g/mol. The van der Waals surface area contributed by atoms with Crippen molar-refractivity contribution >= 4 is 5.57 Å².